The Morgan fingerprint density at radius 3 is 2.71 bits per heavy atom. The maximum atomic E-state index is 14.0. The van der Waals surface area contributed by atoms with Crippen LogP contribution in [0.2, 0.25) is 0 Å². The van der Waals surface area contributed by atoms with Gasteiger partial charge in [0.05, 0.1) is 12.1 Å². The van der Waals surface area contributed by atoms with Gasteiger partial charge in [0, 0.05) is 19.5 Å². The van der Waals surface area contributed by atoms with E-state index in [0.29, 0.717) is 38.1 Å². The average molecular weight is 296 g/mol. The third kappa shape index (κ3) is 2.43. The van der Waals surface area contributed by atoms with Crippen molar-refractivity contribution in [3.05, 3.63) is 0 Å². The van der Waals surface area contributed by atoms with E-state index < -0.39 is 17.7 Å². The van der Waals surface area contributed by atoms with Crippen molar-refractivity contribution in [3.8, 4) is 0 Å². The van der Waals surface area contributed by atoms with Crippen molar-refractivity contribution >= 4 is 11.8 Å². The molecule has 6 heteroatoms. The number of fused-ring (bicyclic) bond motifs is 1. The number of alkyl halides is 1. The Morgan fingerprint density at radius 1 is 1.29 bits per heavy atom. The van der Waals surface area contributed by atoms with E-state index in [4.69, 9.17) is 4.74 Å². The first-order chi connectivity index (χ1) is 10.1. The first kappa shape index (κ1) is 13.5. The maximum absolute atomic E-state index is 14.0. The number of ether oxygens (including phenoxy) is 1. The van der Waals surface area contributed by atoms with E-state index in [-0.39, 0.29) is 18.1 Å². The molecule has 0 radical (unpaired) electrons. The number of hydrogen-bond donors (Lipinski definition) is 1. The lowest BCUT2D eigenvalue weighted by Crippen LogP contribution is -2.43. The third-order valence-electron chi connectivity index (χ3n) is 5.17. The van der Waals surface area contributed by atoms with Gasteiger partial charge in [-0.05, 0) is 38.0 Å². The minimum atomic E-state index is -1.62. The standard InChI is InChI=1S/C15H21FN2O3/c16-15(4-5-15)14(20)18-6-3-11-10(18)7-12(21-11)13(19)17-8-9-1-2-9/h9-12H,1-8H2,(H,17,19)/t10-,11-,12-/m1/s1. The Balaban J connectivity index is 1.36. The maximum Gasteiger partial charge on any atom is 0.260 e. The highest BCUT2D eigenvalue weighted by molar-refractivity contribution is 5.89. The Bertz CT molecular complexity index is 476. The van der Waals surface area contributed by atoms with Crippen molar-refractivity contribution in [3.63, 3.8) is 0 Å². The number of rotatable bonds is 4. The fourth-order valence-electron chi connectivity index (χ4n) is 3.43. The number of carbonyl (C=O) groups is 2. The number of halogens is 1. The van der Waals surface area contributed by atoms with E-state index >= 15 is 0 Å². The highest BCUT2D eigenvalue weighted by Gasteiger charge is 2.57. The predicted octanol–water partition coefficient (Wildman–Crippen LogP) is 0.773. The van der Waals surface area contributed by atoms with Gasteiger partial charge in [-0.15, -0.1) is 0 Å². The van der Waals surface area contributed by atoms with Gasteiger partial charge in [0.2, 0.25) is 5.91 Å². The summed E-state index contributed by atoms with van der Waals surface area (Å²) in [6.07, 6.45) is 3.69. The Morgan fingerprint density at radius 2 is 2.05 bits per heavy atom. The second-order valence-corrected chi connectivity index (χ2v) is 6.91. The molecule has 116 valence electrons. The van der Waals surface area contributed by atoms with Crippen molar-refractivity contribution in [1.82, 2.24) is 10.2 Å². The molecule has 5 nitrogen and oxygen atoms in total. The smallest absolute Gasteiger partial charge is 0.260 e. The van der Waals surface area contributed by atoms with Gasteiger partial charge in [-0.25, -0.2) is 4.39 Å². The second kappa shape index (κ2) is 4.66. The van der Waals surface area contributed by atoms with Crippen LogP contribution < -0.4 is 5.32 Å². The molecule has 2 heterocycles. The number of nitrogens with one attached hydrogen (secondary N) is 1. The zero-order valence-corrected chi connectivity index (χ0v) is 12.0. The van der Waals surface area contributed by atoms with E-state index in [1.54, 1.807) is 4.90 Å². The van der Waals surface area contributed by atoms with Gasteiger partial charge in [-0.2, -0.15) is 0 Å². The van der Waals surface area contributed by atoms with E-state index in [1.807, 2.05) is 0 Å². The van der Waals surface area contributed by atoms with Gasteiger partial charge in [-0.3, -0.25) is 9.59 Å². The van der Waals surface area contributed by atoms with Crippen LogP contribution in [0.15, 0.2) is 0 Å². The topological polar surface area (TPSA) is 58.6 Å². The summed E-state index contributed by atoms with van der Waals surface area (Å²) < 4.78 is 19.7. The first-order valence-electron chi connectivity index (χ1n) is 8.00. The molecular weight excluding hydrogens is 275 g/mol. The number of hydrogen-bond acceptors (Lipinski definition) is 3. The first-order valence-corrected chi connectivity index (χ1v) is 8.00. The highest BCUT2D eigenvalue weighted by Crippen LogP contribution is 2.44. The van der Waals surface area contributed by atoms with E-state index in [9.17, 15) is 14.0 Å². The van der Waals surface area contributed by atoms with Crippen LogP contribution in [0, 0.1) is 5.92 Å². The predicted molar refractivity (Wildman–Crippen MR) is 72.2 cm³/mol. The lowest BCUT2D eigenvalue weighted by molar-refractivity contribution is -0.139. The van der Waals surface area contributed by atoms with Crippen molar-refractivity contribution < 1.29 is 18.7 Å². The van der Waals surface area contributed by atoms with Crippen LogP contribution in [0.1, 0.15) is 38.5 Å². The highest BCUT2D eigenvalue weighted by atomic mass is 19.1. The molecule has 21 heavy (non-hydrogen) atoms. The number of amides is 2. The summed E-state index contributed by atoms with van der Waals surface area (Å²) in [5.74, 6) is 0.164. The zero-order chi connectivity index (χ0) is 14.6. The van der Waals surface area contributed by atoms with Crippen LogP contribution >= 0.6 is 0 Å². The summed E-state index contributed by atoms with van der Waals surface area (Å²) in [6.45, 7) is 1.28. The molecule has 0 aromatic carbocycles. The normalized spacial score (nSPS) is 36.4. The SMILES string of the molecule is O=C(NCC1CC1)[C@H]1C[C@@H]2[C@@H](CCN2C(=O)C2(F)CC2)O1. The summed E-state index contributed by atoms with van der Waals surface area (Å²) >= 11 is 0. The largest absolute Gasteiger partial charge is 0.363 e. The molecule has 0 spiro atoms. The molecule has 4 rings (SSSR count). The molecule has 2 saturated carbocycles. The molecule has 2 aliphatic carbocycles. The van der Waals surface area contributed by atoms with Crippen LogP contribution in [0.25, 0.3) is 0 Å². The van der Waals surface area contributed by atoms with Crippen LogP contribution in [-0.2, 0) is 14.3 Å². The number of nitrogens with zero attached hydrogens (tertiary/aromatic N) is 1. The van der Waals surface area contributed by atoms with Crippen LogP contribution in [0.5, 0.6) is 0 Å². The summed E-state index contributed by atoms with van der Waals surface area (Å²) in [5.41, 5.74) is -1.62. The van der Waals surface area contributed by atoms with E-state index in [1.165, 1.54) is 12.8 Å². The molecule has 4 aliphatic rings. The van der Waals surface area contributed by atoms with Crippen LogP contribution in [-0.4, -0.2) is 53.7 Å². The van der Waals surface area contributed by atoms with Gasteiger partial charge in [-0.1, -0.05) is 0 Å². The Kier molecular flexibility index (Phi) is 3.00. The average Bonchev–Trinajstić information content (AvgIpc) is 3.34. The molecule has 2 amide bonds. The Labute approximate surface area is 123 Å². The number of likely N-dealkylation sites (tertiary alicyclic amines) is 1. The molecule has 0 aromatic rings. The van der Waals surface area contributed by atoms with Gasteiger partial charge >= 0.3 is 0 Å². The minimum Gasteiger partial charge on any atom is -0.363 e. The van der Waals surface area contributed by atoms with Crippen molar-refractivity contribution in [2.24, 2.45) is 5.92 Å². The van der Waals surface area contributed by atoms with E-state index in [2.05, 4.69) is 5.32 Å². The minimum absolute atomic E-state index is 0.0786. The zero-order valence-electron chi connectivity index (χ0n) is 12.0. The summed E-state index contributed by atoms with van der Waals surface area (Å²) in [6, 6.07) is -0.123. The molecule has 0 bridgehead atoms. The molecule has 1 N–H and O–H groups in total. The van der Waals surface area contributed by atoms with Crippen molar-refractivity contribution in [1.29, 1.82) is 0 Å². The fraction of sp³-hybridized carbons (Fsp3) is 0.867. The van der Waals surface area contributed by atoms with Gasteiger partial charge in [0.15, 0.2) is 5.67 Å². The third-order valence-corrected chi connectivity index (χ3v) is 5.17. The van der Waals surface area contributed by atoms with Crippen molar-refractivity contribution in [2.75, 3.05) is 13.1 Å². The van der Waals surface area contributed by atoms with Crippen molar-refractivity contribution in [2.45, 2.75) is 62.4 Å². The van der Waals surface area contributed by atoms with Gasteiger partial charge in [0.25, 0.3) is 5.91 Å². The van der Waals surface area contributed by atoms with E-state index in [0.717, 1.165) is 6.54 Å². The summed E-state index contributed by atoms with van der Waals surface area (Å²) in [7, 11) is 0. The molecule has 2 aliphatic heterocycles. The lowest BCUT2D eigenvalue weighted by atomic mass is 10.1. The molecule has 3 atom stereocenters. The van der Waals surface area contributed by atoms with Gasteiger partial charge < -0.3 is 15.0 Å². The summed E-state index contributed by atoms with van der Waals surface area (Å²) in [5, 5.41) is 2.92. The second-order valence-electron chi connectivity index (χ2n) is 6.91. The molecule has 0 unspecified atom stereocenters. The molecular formula is C15H21FN2O3. The molecule has 2 saturated heterocycles. The van der Waals surface area contributed by atoms with Crippen LogP contribution in [0.4, 0.5) is 4.39 Å². The molecule has 0 aromatic heterocycles. The van der Waals surface area contributed by atoms with Crippen LogP contribution in [0.3, 0.4) is 0 Å². The Hall–Kier alpha value is -1.17. The summed E-state index contributed by atoms with van der Waals surface area (Å²) in [4.78, 5) is 25.9. The molecule has 4 fully saturated rings. The number of carbonyl (C=O) groups excluding carboxylic acids is 2. The quantitative estimate of drug-likeness (QED) is 0.834. The monoisotopic (exact) mass is 296 g/mol. The van der Waals surface area contributed by atoms with Gasteiger partial charge in [0.1, 0.15) is 6.10 Å². The lowest BCUT2D eigenvalue weighted by Gasteiger charge is -2.24. The fourth-order valence-corrected chi connectivity index (χ4v) is 3.43.